The number of fused-ring (bicyclic) bond motifs is 1. The highest BCUT2D eigenvalue weighted by molar-refractivity contribution is 5.97. The number of oxazole rings is 1. The van der Waals surface area contributed by atoms with Gasteiger partial charge in [0.25, 0.3) is 5.91 Å². The van der Waals surface area contributed by atoms with Crippen molar-refractivity contribution in [2.75, 3.05) is 26.2 Å². The van der Waals surface area contributed by atoms with E-state index in [-0.39, 0.29) is 11.7 Å². The topological polar surface area (TPSA) is 67.5 Å². The van der Waals surface area contributed by atoms with Crippen molar-refractivity contribution in [3.05, 3.63) is 34.3 Å². The number of hydrogen-bond donors (Lipinski definition) is 1. The first-order chi connectivity index (χ1) is 10.2. The Morgan fingerprint density at radius 2 is 2.10 bits per heavy atom. The number of amides is 1. The molecule has 0 radical (unpaired) electrons. The number of carbonyl (C=O) groups is 1. The average Bonchev–Trinajstić information content (AvgIpc) is 2.83. The lowest BCUT2D eigenvalue weighted by Gasteiger charge is -2.27. The fraction of sp³-hybridized carbons (Fsp3) is 0.467. The summed E-state index contributed by atoms with van der Waals surface area (Å²) >= 11 is 0. The molecule has 0 spiro atoms. The minimum Gasteiger partial charge on any atom is -0.408 e. The van der Waals surface area contributed by atoms with Gasteiger partial charge in [0.2, 0.25) is 0 Å². The third-order valence-electron chi connectivity index (χ3n) is 3.77. The summed E-state index contributed by atoms with van der Waals surface area (Å²) < 4.78 is 6.86. The molecule has 1 saturated heterocycles. The van der Waals surface area contributed by atoms with Crippen LogP contribution in [0.4, 0.5) is 0 Å². The zero-order valence-electron chi connectivity index (χ0n) is 12.1. The van der Waals surface area contributed by atoms with E-state index in [4.69, 9.17) is 4.42 Å². The molecule has 1 amide bonds. The van der Waals surface area contributed by atoms with Crippen molar-refractivity contribution in [3.8, 4) is 0 Å². The number of aromatic nitrogens is 1. The van der Waals surface area contributed by atoms with E-state index < -0.39 is 0 Å². The van der Waals surface area contributed by atoms with Gasteiger partial charge >= 0.3 is 5.76 Å². The van der Waals surface area contributed by atoms with Crippen LogP contribution in [0.3, 0.4) is 0 Å². The molecule has 0 atom stereocenters. The van der Waals surface area contributed by atoms with Gasteiger partial charge < -0.3 is 14.6 Å². The van der Waals surface area contributed by atoms with Crippen LogP contribution in [0.25, 0.3) is 11.1 Å². The first-order valence-corrected chi connectivity index (χ1v) is 7.34. The minimum absolute atomic E-state index is 0.00992. The van der Waals surface area contributed by atoms with E-state index >= 15 is 0 Å². The second kappa shape index (κ2) is 5.73. The standard InChI is InChI=1S/C15H19N3O3/c1-2-7-18-12-4-3-11(10-13(12)21-15(18)20)14(19)17-8-5-16-6-9-17/h3-4,10,16H,2,5-9H2,1H3. The van der Waals surface area contributed by atoms with Crippen LogP contribution in [0.5, 0.6) is 0 Å². The molecular formula is C15H19N3O3. The molecular weight excluding hydrogens is 270 g/mol. The lowest BCUT2D eigenvalue weighted by atomic mass is 10.1. The van der Waals surface area contributed by atoms with E-state index in [2.05, 4.69) is 5.32 Å². The molecule has 1 fully saturated rings. The van der Waals surface area contributed by atoms with Gasteiger partial charge in [0, 0.05) is 38.3 Å². The molecule has 0 bridgehead atoms. The molecule has 6 heteroatoms. The van der Waals surface area contributed by atoms with Gasteiger partial charge in [-0.2, -0.15) is 0 Å². The molecule has 112 valence electrons. The summed E-state index contributed by atoms with van der Waals surface area (Å²) in [6, 6.07) is 5.24. The van der Waals surface area contributed by atoms with Crippen molar-refractivity contribution < 1.29 is 9.21 Å². The van der Waals surface area contributed by atoms with Gasteiger partial charge in [-0.05, 0) is 24.6 Å². The first kappa shape index (κ1) is 13.9. The highest BCUT2D eigenvalue weighted by Crippen LogP contribution is 2.17. The minimum atomic E-state index is -0.362. The van der Waals surface area contributed by atoms with E-state index in [1.807, 2.05) is 11.8 Å². The first-order valence-electron chi connectivity index (χ1n) is 7.34. The number of hydrogen-bond acceptors (Lipinski definition) is 4. The lowest BCUT2D eigenvalue weighted by Crippen LogP contribution is -2.46. The maximum absolute atomic E-state index is 12.4. The fourth-order valence-electron chi connectivity index (χ4n) is 2.69. The average molecular weight is 289 g/mol. The molecule has 2 heterocycles. The third kappa shape index (κ3) is 2.58. The summed E-state index contributed by atoms with van der Waals surface area (Å²) in [5.41, 5.74) is 1.80. The van der Waals surface area contributed by atoms with Crippen LogP contribution in [-0.4, -0.2) is 41.6 Å². The predicted octanol–water partition coefficient (Wildman–Crippen LogP) is 1.05. The van der Waals surface area contributed by atoms with Gasteiger partial charge in [-0.3, -0.25) is 9.36 Å². The summed E-state index contributed by atoms with van der Waals surface area (Å²) in [7, 11) is 0. The van der Waals surface area contributed by atoms with Crippen molar-refractivity contribution in [2.24, 2.45) is 0 Å². The second-order valence-corrected chi connectivity index (χ2v) is 5.24. The molecule has 1 aliphatic heterocycles. The van der Waals surface area contributed by atoms with Crippen LogP contribution in [0.15, 0.2) is 27.4 Å². The molecule has 1 aromatic heterocycles. The fourth-order valence-corrected chi connectivity index (χ4v) is 2.69. The Morgan fingerprint density at radius 3 is 2.81 bits per heavy atom. The quantitative estimate of drug-likeness (QED) is 0.917. The second-order valence-electron chi connectivity index (χ2n) is 5.24. The van der Waals surface area contributed by atoms with Crippen molar-refractivity contribution in [2.45, 2.75) is 19.9 Å². The highest BCUT2D eigenvalue weighted by Gasteiger charge is 2.19. The molecule has 1 aliphatic rings. The molecule has 6 nitrogen and oxygen atoms in total. The monoisotopic (exact) mass is 289 g/mol. The zero-order chi connectivity index (χ0) is 14.8. The van der Waals surface area contributed by atoms with E-state index in [0.717, 1.165) is 25.0 Å². The Kier molecular flexibility index (Phi) is 3.79. The van der Waals surface area contributed by atoms with Crippen LogP contribution in [0.1, 0.15) is 23.7 Å². The van der Waals surface area contributed by atoms with Gasteiger partial charge in [-0.1, -0.05) is 6.92 Å². The number of aryl methyl sites for hydroxylation is 1. The Balaban J connectivity index is 1.94. The summed E-state index contributed by atoms with van der Waals surface area (Å²) in [6.45, 7) is 5.67. The summed E-state index contributed by atoms with van der Waals surface area (Å²) in [5.74, 6) is -0.372. The van der Waals surface area contributed by atoms with Crippen LogP contribution in [-0.2, 0) is 6.54 Å². The van der Waals surface area contributed by atoms with Crippen LogP contribution in [0, 0.1) is 0 Å². The van der Waals surface area contributed by atoms with Crippen LogP contribution < -0.4 is 11.1 Å². The Labute approximate surface area is 122 Å². The van der Waals surface area contributed by atoms with Gasteiger partial charge in [-0.15, -0.1) is 0 Å². The Bertz CT molecular complexity index is 711. The number of carbonyl (C=O) groups excluding carboxylic acids is 1. The Morgan fingerprint density at radius 1 is 1.33 bits per heavy atom. The number of piperazine rings is 1. The molecule has 3 rings (SSSR count). The smallest absolute Gasteiger partial charge is 0.408 e. The number of nitrogens with zero attached hydrogens (tertiary/aromatic N) is 2. The van der Waals surface area contributed by atoms with Crippen LogP contribution >= 0.6 is 0 Å². The Hall–Kier alpha value is -2.08. The third-order valence-corrected chi connectivity index (χ3v) is 3.77. The molecule has 1 N–H and O–H groups in total. The molecule has 0 aliphatic carbocycles. The van der Waals surface area contributed by atoms with Gasteiger partial charge in [0.1, 0.15) is 0 Å². The molecule has 0 saturated carbocycles. The van der Waals surface area contributed by atoms with E-state index in [1.165, 1.54) is 0 Å². The van der Waals surface area contributed by atoms with E-state index in [9.17, 15) is 9.59 Å². The van der Waals surface area contributed by atoms with Crippen molar-refractivity contribution >= 4 is 17.0 Å². The maximum Gasteiger partial charge on any atom is 0.419 e. The zero-order valence-corrected chi connectivity index (χ0v) is 12.1. The predicted molar refractivity (Wildman–Crippen MR) is 79.5 cm³/mol. The van der Waals surface area contributed by atoms with E-state index in [1.54, 1.807) is 22.8 Å². The largest absolute Gasteiger partial charge is 0.419 e. The van der Waals surface area contributed by atoms with Crippen molar-refractivity contribution in [1.29, 1.82) is 0 Å². The maximum atomic E-state index is 12.4. The lowest BCUT2D eigenvalue weighted by molar-refractivity contribution is 0.0736. The summed E-state index contributed by atoms with van der Waals surface area (Å²) in [5, 5.41) is 3.22. The van der Waals surface area contributed by atoms with Gasteiger partial charge in [0.05, 0.1) is 5.52 Å². The SMILES string of the molecule is CCCn1c(=O)oc2cc(C(=O)N3CCNCC3)ccc21. The summed E-state index contributed by atoms with van der Waals surface area (Å²) in [4.78, 5) is 26.1. The van der Waals surface area contributed by atoms with Gasteiger partial charge in [0.15, 0.2) is 5.58 Å². The van der Waals surface area contributed by atoms with Crippen molar-refractivity contribution in [3.63, 3.8) is 0 Å². The van der Waals surface area contributed by atoms with Gasteiger partial charge in [-0.25, -0.2) is 4.79 Å². The number of rotatable bonds is 3. The van der Waals surface area contributed by atoms with Crippen LogP contribution in [0.2, 0.25) is 0 Å². The van der Waals surface area contributed by atoms with Crippen molar-refractivity contribution in [1.82, 2.24) is 14.8 Å². The normalized spacial score (nSPS) is 15.6. The number of benzene rings is 1. The molecule has 21 heavy (non-hydrogen) atoms. The molecule has 1 aromatic carbocycles. The highest BCUT2D eigenvalue weighted by atomic mass is 16.4. The van der Waals surface area contributed by atoms with E-state index in [0.29, 0.717) is 30.8 Å². The number of nitrogens with one attached hydrogen (secondary N) is 1. The molecule has 2 aromatic rings. The molecule has 0 unspecified atom stereocenters. The summed E-state index contributed by atoms with van der Waals surface area (Å²) in [6.07, 6.45) is 0.857.